The molecule has 0 aromatic carbocycles. The lowest BCUT2D eigenvalue weighted by Crippen LogP contribution is -2.30. The fraction of sp³-hybridized carbons (Fsp3) is 0.545. The number of hydrogen-bond acceptors (Lipinski definition) is 4. The second kappa shape index (κ2) is 4.08. The van der Waals surface area contributed by atoms with Crippen LogP contribution in [0.5, 0.6) is 0 Å². The third-order valence-electron chi connectivity index (χ3n) is 3.05. The van der Waals surface area contributed by atoms with Gasteiger partial charge in [0.2, 0.25) is 0 Å². The molecule has 0 saturated carbocycles. The van der Waals surface area contributed by atoms with E-state index in [1.165, 1.54) is 0 Å². The summed E-state index contributed by atoms with van der Waals surface area (Å²) in [6, 6.07) is 2.19. The molecule has 1 aliphatic rings. The molecule has 0 bridgehead atoms. The number of nitrogens with one attached hydrogen (secondary N) is 1. The highest BCUT2D eigenvalue weighted by atomic mass is 15.3. The molecule has 16 heavy (non-hydrogen) atoms. The summed E-state index contributed by atoms with van der Waals surface area (Å²) in [5, 5.41) is 15.5. The van der Waals surface area contributed by atoms with Crippen molar-refractivity contribution in [3.63, 3.8) is 0 Å². The van der Waals surface area contributed by atoms with E-state index in [9.17, 15) is 0 Å². The van der Waals surface area contributed by atoms with Crippen LogP contribution in [0.1, 0.15) is 25.8 Å². The first-order valence-corrected chi connectivity index (χ1v) is 5.52. The predicted octanol–water partition coefficient (Wildman–Crippen LogP) is 0.995. The van der Waals surface area contributed by atoms with E-state index < -0.39 is 0 Å². The number of amidine groups is 1. The molecule has 2 heterocycles. The van der Waals surface area contributed by atoms with Gasteiger partial charge in [0.15, 0.2) is 5.82 Å². The number of aromatic nitrogens is 2. The summed E-state index contributed by atoms with van der Waals surface area (Å²) in [6.07, 6.45) is 2.72. The van der Waals surface area contributed by atoms with Crippen LogP contribution in [0.4, 0.5) is 5.82 Å². The van der Waals surface area contributed by atoms with Crippen molar-refractivity contribution in [3.8, 4) is 0 Å². The summed E-state index contributed by atoms with van der Waals surface area (Å²) in [5.74, 6) is 1.44. The zero-order valence-corrected chi connectivity index (χ0v) is 9.64. The van der Waals surface area contributed by atoms with E-state index in [-0.39, 0.29) is 5.84 Å². The van der Waals surface area contributed by atoms with Gasteiger partial charge in [-0.1, -0.05) is 6.92 Å². The minimum absolute atomic E-state index is 0.0525. The lowest BCUT2D eigenvalue weighted by molar-refractivity contribution is 0.625. The number of nitrogens with zero attached hydrogens (tertiary/aromatic N) is 3. The molecule has 1 fully saturated rings. The summed E-state index contributed by atoms with van der Waals surface area (Å²) in [4.78, 5) is 2.19. The summed E-state index contributed by atoms with van der Waals surface area (Å²) >= 11 is 0. The van der Waals surface area contributed by atoms with Crippen molar-refractivity contribution in [2.24, 2.45) is 11.7 Å². The van der Waals surface area contributed by atoms with Crippen molar-refractivity contribution in [2.75, 3.05) is 11.4 Å². The molecular weight excluding hydrogens is 202 g/mol. The second-order valence-electron chi connectivity index (χ2n) is 4.52. The number of rotatable bonds is 2. The summed E-state index contributed by atoms with van der Waals surface area (Å²) in [7, 11) is 0. The molecule has 1 saturated heterocycles. The molecule has 1 aromatic rings. The van der Waals surface area contributed by atoms with Gasteiger partial charge in [-0.15, -0.1) is 5.10 Å². The summed E-state index contributed by atoms with van der Waals surface area (Å²) in [6.45, 7) is 5.35. The maximum Gasteiger partial charge on any atom is 0.162 e. The third kappa shape index (κ3) is 1.85. The Morgan fingerprint density at radius 3 is 2.88 bits per heavy atom. The van der Waals surface area contributed by atoms with Crippen LogP contribution in [0.3, 0.4) is 0 Å². The molecule has 5 nitrogen and oxygen atoms in total. The van der Waals surface area contributed by atoms with E-state index >= 15 is 0 Å². The van der Waals surface area contributed by atoms with Gasteiger partial charge < -0.3 is 10.6 Å². The maximum atomic E-state index is 7.54. The van der Waals surface area contributed by atoms with Crippen molar-refractivity contribution >= 4 is 11.7 Å². The Morgan fingerprint density at radius 1 is 1.56 bits per heavy atom. The summed E-state index contributed by atoms with van der Waals surface area (Å²) < 4.78 is 0. The van der Waals surface area contributed by atoms with Crippen molar-refractivity contribution in [3.05, 3.63) is 17.8 Å². The molecule has 0 spiro atoms. The van der Waals surface area contributed by atoms with Crippen LogP contribution in [0.25, 0.3) is 0 Å². The quantitative estimate of drug-likeness (QED) is 0.574. The van der Waals surface area contributed by atoms with E-state index in [1.807, 2.05) is 0 Å². The molecule has 2 rings (SSSR count). The number of nitrogen functional groups attached to an aromatic ring is 1. The molecule has 3 N–H and O–H groups in total. The molecule has 86 valence electrons. The fourth-order valence-electron chi connectivity index (χ4n) is 2.34. The predicted molar refractivity (Wildman–Crippen MR) is 63.6 cm³/mol. The van der Waals surface area contributed by atoms with Crippen LogP contribution in [0.2, 0.25) is 0 Å². The minimum Gasteiger partial charge on any atom is -0.384 e. The van der Waals surface area contributed by atoms with Crippen molar-refractivity contribution < 1.29 is 0 Å². The van der Waals surface area contributed by atoms with Gasteiger partial charge in [0, 0.05) is 12.6 Å². The van der Waals surface area contributed by atoms with E-state index in [1.54, 1.807) is 12.3 Å². The standard InChI is InChI=1S/C11H17N5/c1-7-5-8(2)16(6-7)11-9(10(12)13)3-4-14-15-11/h3-4,7-8H,5-6H2,1-2H3,(H3,12,13). The third-order valence-corrected chi connectivity index (χ3v) is 3.05. The first-order valence-electron chi connectivity index (χ1n) is 5.52. The van der Waals surface area contributed by atoms with Crippen LogP contribution in [-0.2, 0) is 0 Å². The molecule has 0 radical (unpaired) electrons. The minimum atomic E-state index is 0.0525. The number of nitrogens with two attached hydrogens (primary N) is 1. The largest absolute Gasteiger partial charge is 0.384 e. The Hall–Kier alpha value is -1.65. The van der Waals surface area contributed by atoms with Gasteiger partial charge in [0.1, 0.15) is 5.84 Å². The number of anilines is 1. The van der Waals surface area contributed by atoms with E-state index in [0.717, 1.165) is 18.8 Å². The smallest absolute Gasteiger partial charge is 0.162 e. The monoisotopic (exact) mass is 219 g/mol. The van der Waals surface area contributed by atoms with E-state index in [0.29, 0.717) is 17.5 Å². The highest BCUT2D eigenvalue weighted by Gasteiger charge is 2.29. The van der Waals surface area contributed by atoms with Gasteiger partial charge in [-0.2, -0.15) is 5.10 Å². The molecule has 2 unspecified atom stereocenters. The van der Waals surface area contributed by atoms with Crippen LogP contribution < -0.4 is 10.6 Å². The Morgan fingerprint density at radius 2 is 2.31 bits per heavy atom. The van der Waals surface area contributed by atoms with Gasteiger partial charge in [-0.05, 0) is 25.3 Å². The zero-order chi connectivity index (χ0) is 11.7. The second-order valence-corrected chi connectivity index (χ2v) is 4.52. The first kappa shape index (κ1) is 10.9. The molecular formula is C11H17N5. The van der Waals surface area contributed by atoms with E-state index in [4.69, 9.17) is 11.1 Å². The Kier molecular flexibility index (Phi) is 2.77. The van der Waals surface area contributed by atoms with Crippen molar-refractivity contribution in [1.29, 1.82) is 5.41 Å². The van der Waals surface area contributed by atoms with E-state index in [2.05, 4.69) is 28.9 Å². The maximum absolute atomic E-state index is 7.54. The van der Waals surface area contributed by atoms with Gasteiger partial charge in [0.25, 0.3) is 0 Å². The van der Waals surface area contributed by atoms with Crippen LogP contribution in [0.15, 0.2) is 12.3 Å². The van der Waals surface area contributed by atoms with Crippen LogP contribution in [0, 0.1) is 11.3 Å². The lowest BCUT2D eigenvalue weighted by Gasteiger charge is -2.23. The van der Waals surface area contributed by atoms with Crippen molar-refractivity contribution in [2.45, 2.75) is 26.3 Å². The SMILES string of the molecule is CC1CC(C)N(c2nnccc2C(=N)N)C1. The average Bonchev–Trinajstić information content (AvgIpc) is 2.57. The highest BCUT2D eigenvalue weighted by Crippen LogP contribution is 2.28. The molecule has 5 heteroatoms. The summed E-state index contributed by atoms with van der Waals surface area (Å²) in [5.41, 5.74) is 6.23. The normalized spacial score (nSPS) is 24.8. The fourth-order valence-corrected chi connectivity index (χ4v) is 2.34. The van der Waals surface area contributed by atoms with Gasteiger partial charge in [-0.3, -0.25) is 5.41 Å². The van der Waals surface area contributed by atoms with Crippen LogP contribution in [-0.4, -0.2) is 28.6 Å². The van der Waals surface area contributed by atoms with Crippen molar-refractivity contribution in [1.82, 2.24) is 10.2 Å². The highest BCUT2D eigenvalue weighted by molar-refractivity contribution is 5.99. The topological polar surface area (TPSA) is 78.9 Å². The first-order chi connectivity index (χ1) is 7.59. The molecule has 0 aliphatic carbocycles. The zero-order valence-electron chi connectivity index (χ0n) is 9.64. The molecule has 1 aromatic heterocycles. The Bertz CT molecular complexity index is 403. The Balaban J connectivity index is 2.36. The molecule has 0 amide bonds. The number of hydrogen-bond donors (Lipinski definition) is 2. The van der Waals surface area contributed by atoms with Crippen LogP contribution >= 0.6 is 0 Å². The van der Waals surface area contributed by atoms with Gasteiger partial charge in [0.05, 0.1) is 11.8 Å². The molecule has 1 aliphatic heterocycles. The van der Waals surface area contributed by atoms with Gasteiger partial charge >= 0.3 is 0 Å². The lowest BCUT2D eigenvalue weighted by atomic mass is 10.1. The average molecular weight is 219 g/mol. The molecule has 2 atom stereocenters. The van der Waals surface area contributed by atoms with Gasteiger partial charge in [-0.25, -0.2) is 0 Å². The Labute approximate surface area is 95.2 Å².